The number of carbonyl (C=O) groups is 1. The van der Waals surface area contributed by atoms with Crippen LogP contribution < -0.4 is 0 Å². The van der Waals surface area contributed by atoms with Crippen molar-refractivity contribution in [3.05, 3.63) is 0 Å². The lowest BCUT2D eigenvalue weighted by molar-refractivity contribution is -0.147. The summed E-state index contributed by atoms with van der Waals surface area (Å²) in [4.78, 5) is 16.1. The Balaban J connectivity index is 1.97. The molecule has 74 valence electrons. The minimum Gasteiger partial charge on any atom is -0.458 e. The zero-order valence-corrected chi connectivity index (χ0v) is 8.03. The standard InChI is InChI=1S/C9H15NO3/c1-6(11)13-8-5-12-10(2)9(8)7-3-4-7/h7-9H,3-5H2,1-2H3. The molecule has 1 aliphatic heterocycles. The Morgan fingerprint density at radius 1 is 1.54 bits per heavy atom. The average Bonchev–Trinajstić information content (AvgIpc) is 2.79. The first-order chi connectivity index (χ1) is 6.18. The van der Waals surface area contributed by atoms with E-state index in [1.807, 2.05) is 12.1 Å². The van der Waals surface area contributed by atoms with Crippen LogP contribution in [0.1, 0.15) is 19.8 Å². The van der Waals surface area contributed by atoms with Gasteiger partial charge in [0.1, 0.15) is 12.7 Å². The lowest BCUT2D eigenvalue weighted by atomic mass is 10.1. The molecule has 2 unspecified atom stereocenters. The minimum atomic E-state index is -0.213. The Kier molecular flexibility index (Phi) is 2.26. The SMILES string of the molecule is CC(=O)OC1CON(C)C1C1CC1. The first kappa shape index (κ1) is 8.97. The fourth-order valence-electron chi connectivity index (χ4n) is 1.96. The fourth-order valence-corrected chi connectivity index (χ4v) is 1.96. The number of hydrogen-bond donors (Lipinski definition) is 0. The van der Waals surface area contributed by atoms with Gasteiger partial charge < -0.3 is 4.74 Å². The average molecular weight is 185 g/mol. The molecular weight excluding hydrogens is 170 g/mol. The van der Waals surface area contributed by atoms with Crippen molar-refractivity contribution in [2.45, 2.75) is 31.9 Å². The van der Waals surface area contributed by atoms with Crippen LogP contribution >= 0.6 is 0 Å². The second kappa shape index (κ2) is 3.27. The van der Waals surface area contributed by atoms with Crippen molar-refractivity contribution in [3.8, 4) is 0 Å². The van der Waals surface area contributed by atoms with Crippen molar-refractivity contribution in [1.29, 1.82) is 0 Å². The van der Waals surface area contributed by atoms with Crippen molar-refractivity contribution < 1.29 is 14.4 Å². The maximum atomic E-state index is 10.8. The molecule has 1 saturated heterocycles. The van der Waals surface area contributed by atoms with Crippen molar-refractivity contribution in [2.75, 3.05) is 13.7 Å². The molecule has 2 rings (SSSR count). The second-order valence-corrected chi connectivity index (χ2v) is 3.82. The molecule has 1 saturated carbocycles. The van der Waals surface area contributed by atoms with Crippen LogP contribution in [0.2, 0.25) is 0 Å². The molecule has 0 aromatic carbocycles. The summed E-state index contributed by atoms with van der Waals surface area (Å²) in [5.74, 6) is 0.450. The highest BCUT2D eigenvalue weighted by Crippen LogP contribution is 2.39. The quantitative estimate of drug-likeness (QED) is 0.590. The Bertz CT molecular complexity index is 215. The molecule has 2 aliphatic rings. The van der Waals surface area contributed by atoms with Crippen molar-refractivity contribution >= 4 is 5.97 Å². The fraction of sp³-hybridized carbons (Fsp3) is 0.889. The molecule has 2 fully saturated rings. The zero-order valence-electron chi connectivity index (χ0n) is 8.03. The van der Waals surface area contributed by atoms with Crippen LogP contribution in [0, 0.1) is 5.92 Å². The number of ether oxygens (including phenoxy) is 1. The molecule has 13 heavy (non-hydrogen) atoms. The van der Waals surface area contributed by atoms with Gasteiger partial charge in [-0.3, -0.25) is 9.63 Å². The van der Waals surface area contributed by atoms with Gasteiger partial charge >= 0.3 is 5.97 Å². The van der Waals surface area contributed by atoms with Gasteiger partial charge in [-0.15, -0.1) is 0 Å². The lowest BCUT2D eigenvalue weighted by Gasteiger charge is -2.21. The predicted molar refractivity (Wildman–Crippen MR) is 45.8 cm³/mol. The number of esters is 1. The molecule has 0 radical (unpaired) electrons. The van der Waals surface area contributed by atoms with Gasteiger partial charge in [0.05, 0.1) is 6.04 Å². The minimum absolute atomic E-state index is 0.0602. The van der Waals surface area contributed by atoms with E-state index in [2.05, 4.69) is 0 Å². The third-order valence-corrected chi connectivity index (χ3v) is 2.67. The lowest BCUT2D eigenvalue weighted by Crippen LogP contribution is -2.36. The number of nitrogens with zero attached hydrogens (tertiary/aromatic N) is 1. The van der Waals surface area contributed by atoms with E-state index in [0.29, 0.717) is 12.5 Å². The number of likely N-dealkylation sites (N-methyl/N-ethyl adjacent to an activating group) is 1. The Hall–Kier alpha value is -0.610. The molecule has 0 aromatic heterocycles. The van der Waals surface area contributed by atoms with Gasteiger partial charge in [-0.2, -0.15) is 5.06 Å². The van der Waals surface area contributed by atoms with E-state index in [9.17, 15) is 4.79 Å². The third kappa shape index (κ3) is 1.84. The highest BCUT2D eigenvalue weighted by Gasteiger charge is 2.45. The van der Waals surface area contributed by atoms with Crippen LogP contribution in [-0.4, -0.2) is 36.8 Å². The highest BCUT2D eigenvalue weighted by atomic mass is 16.7. The molecule has 4 nitrogen and oxygen atoms in total. The molecule has 0 N–H and O–H groups in total. The van der Waals surface area contributed by atoms with Gasteiger partial charge in [-0.05, 0) is 18.8 Å². The van der Waals surface area contributed by atoms with Crippen LogP contribution in [0.25, 0.3) is 0 Å². The first-order valence-corrected chi connectivity index (χ1v) is 4.71. The van der Waals surface area contributed by atoms with Crippen molar-refractivity contribution in [3.63, 3.8) is 0 Å². The molecule has 1 aliphatic carbocycles. The summed E-state index contributed by atoms with van der Waals surface area (Å²) in [6.45, 7) is 1.96. The van der Waals surface area contributed by atoms with E-state index in [4.69, 9.17) is 9.57 Å². The summed E-state index contributed by atoms with van der Waals surface area (Å²) < 4.78 is 5.19. The van der Waals surface area contributed by atoms with Crippen LogP contribution in [0.4, 0.5) is 0 Å². The van der Waals surface area contributed by atoms with Gasteiger partial charge in [0, 0.05) is 14.0 Å². The summed E-state index contributed by atoms with van der Waals surface area (Å²) in [5.41, 5.74) is 0. The van der Waals surface area contributed by atoms with Gasteiger partial charge in [-0.25, -0.2) is 0 Å². The van der Waals surface area contributed by atoms with Gasteiger partial charge in [0.2, 0.25) is 0 Å². The van der Waals surface area contributed by atoms with Crippen molar-refractivity contribution in [2.24, 2.45) is 5.92 Å². The number of hydrogen-bond acceptors (Lipinski definition) is 4. The monoisotopic (exact) mass is 185 g/mol. The van der Waals surface area contributed by atoms with Crippen LogP contribution in [0.5, 0.6) is 0 Å². The summed E-state index contributed by atoms with van der Waals surface area (Å²) in [6, 6.07) is 0.281. The maximum Gasteiger partial charge on any atom is 0.303 e. The molecule has 0 spiro atoms. The van der Waals surface area contributed by atoms with E-state index in [0.717, 1.165) is 0 Å². The van der Waals surface area contributed by atoms with E-state index in [1.165, 1.54) is 19.8 Å². The third-order valence-electron chi connectivity index (χ3n) is 2.67. The van der Waals surface area contributed by atoms with Crippen LogP contribution in [0.3, 0.4) is 0 Å². The topological polar surface area (TPSA) is 38.8 Å². The highest BCUT2D eigenvalue weighted by molar-refractivity contribution is 5.66. The van der Waals surface area contributed by atoms with E-state index in [1.54, 1.807) is 0 Å². The summed E-state index contributed by atoms with van der Waals surface area (Å²) >= 11 is 0. The summed E-state index contributed by atoms with van der Waals surface area (Å²) in [6.07, 6.45) is 2.40. The Morgan fingerprint density at radius 3 is 2.77 bits per heavy atom. The van der Waals surface area contributed by atoms with Gasteiger partial charge in [-0.1, -0.05) is 0 Å². The van der Waals surface area contributed by atoms with Crippen molar-refractivity contribution in [1.82, 2.24) is 5.06 Å². The largest absolute Gasteiger partial charge is 0.458 e. The predicted octanol–water partition coefficient (Wildman–Crippen LogP) is 0.574. The van der Waals surface area contributed by atoms with Gasteiger partial charge in [0.15, 0.2) is 0 Å². The Morgan fingerprint density at radius 2 is 2.23 bits per heavy atom. The molecule has 1 heterocycles. The van der Waals surface area contributed by atoms with E-state index >= 15 is 0 Å². The zero-order chi connectivity index (χ0) is 9.42. The number of carbonyl (C=O) groups excluding carboxylic acids is 1. The molecule has 0 aromatic rings. The molecule has 0 amide bonds. The Labute approximate surface area is 77.7 Å². The maximum absolute atomic E-state index is 10.8. The molecular formula is C9H15NO3. The number of hydroxylamine groups is 2. The van der Waals surface area contributed by atoms with E-state index in [-0.39, 0.29) is 18.1 Å². The van der Waals surface area contributed by atoms with Crippen LogP contribution in [-0.2, 0) is 14.4 Å². The normalized spacial score (nSPS) is 34.9. The molecule has 2 atom stereocenters. The summed E-state index contributed by atoms with van der Waals surface area (Å²) in [7, 11) is 1.91. The van der Waals surface area contributed by atoms with E-state index < -0.39 is 0 Å². The first-order valence-electron chi connectivity index (χ1n) is 4.71. The molecule has 0 bridgehead atoms. The summed E-state index contributed by atoms with van der Waals surface area (Å²) in [5, 5.41) is 1.84. The second-order valence-electron chi connectivity index (χ2n) is 3.82. The van der Waals surface area contributed by atoms with Gasteiger partial charge in [0.25, 0.3) is 0 Å². The smallest absolute Gasteiger partial charge is 0.303 e. The molecule has 4 heteroatoms. The number of rotatable bonds is 2. The van der Waals surface area contributed by atoms with Crippen LogP contribution in [0.15, 0.2) is 0 Å².